The van der Waals surface area contributed by atoms with E-state index in [0.717, 1.165) is 5.30 Å². The van der Waals surface area contributed by atoms with Gasteiger partial charge in [0.15, 0.2) is 0 Å². The van der Waals surface area contributed by atoms with Gasteiger partial charge in [-0.05, 0) is 36.7 Å². The third kappa shape index (κ3) is 3.10. The number of halogens is 1. The Hall–Kier alpha value is -1.82. The van der Waals surface area contributed by atoms with Gasteiger partial charge in [-0.1, -0.05) is 72.3 Å². The van der Waals surface area contributed by atoms with E-state index in [1.54, 1.807) is 12.1 Å². The van der Waals surface area contributed by atoms with Crippen molar-refractivity contribution in [1.29, 1.82) is 0 Å². The SMILES string of the molecule is Oc1ccc(Cl)cc1P(c1ccccc1)c1ccccc1. The normalized spacial score (nSPS) is 10.8. The van der Waals surface area contributed by atoms with Crippen LogP contribution in [-0.4, -0.2) is 5.11 Å². The van der Waals surface area contributed by atoms with Crippen LogP contribution in [0.1, 0.15) is 0 Å². The summed E-state index contributed by atoms with van der Waals surface area (Å²) in [4.78, 5) is 0. The van der Waals surface area contributed by atoms with Crippen molar-refractivity contribution in [2.75, 3.05) is 0 Å². The molecule has 21 heavy (non-hydrogen) atoms. The second kappa shape index (κ2) is 6.30. The molecule has 1 nitrogen and oxygen atoms in total. The van der Waals surface area contributed by atoms with Gasteiger partial charge in [0.05, 0.1) is 0 Å². The number of aromatic hydroxyl groups is 1. The van der Waals surface area contributed by atoms with Gasteiger partial charge in [-0.3, -0.25) is 0 Å². The molecule has 0 aliphatic rings. The number of rotatable bonds is 3. The standard InChI is InChI=1S/C18H14ClOP/c19-14-11-12-17(20)18(13-14)21(15-7-3-1-4-8-15)16-9-5-2-6-10-16/h1-13,20H. The molecule has 0 unspecified atom stereocenters. The Labute approximate surface area is 130 Å². The number of hydrogen-bond donors (Lipinski definition) is 1. The van der Waals surface area contributed by atoms with Crippen LogP contribution >= 0.6 is 19.5 Å². The van der Waals surface area contributed by atoms with E-state index in [1.807, 2.05) is 42.5 Å². The van der Waals surface area contributed by atoms with Gasteiger partial charge in [0.1, 0.15) is 5.75 Å². The maximum absolute atomic E-state index is 10.3. The molecule has 3 rings (SSSR count). The summed E-state index contributed by atoms with van der Waals surface area (Å²) in [6.45, 7) is 0. The first kappa shape index (κ1) is 14.1. The van der Waals surface area contributed by atoms with Crippen molar-refractivity contribution < 1.29 is 5.11 Å². The van der Waals surface area contributed by atoms with Crippen LogP contribution in [0.15, 0.2) is 78.9 Å². The molecule has 0 aliphatic carbocycles. The highest BCUT2D eigenvalue weighted by Gasteiger charge is 2.19. The van der Waals surface area contributed by atoms with Crippen LogP contribution in [0, 0.1) is 0 Å². The third-order valence-electron chi connectivity index (χ3n) is 3.21. The Morgan fingerprint density at radius 3 is 1.76 bits per heavy atom. The molecule has 0 radical (unpaired) electrons. The molecule has 0 spiro atoms. The summed E-state index contributed by atoms with van der Waals surface area (Å²) in [7, 11) is -0.817. The summed E-state index contributed by atoms with van der Waals surface area (Å²) in [5.74, 6) is 0.290. The van der Waals surface area contributed by atoms with Gasteiger partial charge in [0.25, 0.3) is 0 Å². The van der Waals surface area contributed by atoms with Crippen LogP contribution in [0.3, 0.4) is 0 Å². The van der Waals surface area contributed by atoms with Crippen molar-refractivity contribution in [1.82, 2.24) is 0 Å². The van der Waals surface area contributed by atoms with Crippen LogP contribution in [0.5, 0.6) is 5.75 Å². The summed E-state index contributed by atoms with van der Waals surface area (Å²) in [5.41, 5.74) is 0. The number of hydrogen-bond acceptors (Lipinski definition) is 1. The fraction of sp³-hybridized carbons (Fsp3) is 0. The van der Waals surface area contributed by atoms with Crippen molar-refractivity contribution >= 4 is 35.4 Å². The van der Waals surface area contributed by atoms with Crippen LogP contribution in [-0.2, 0) is 0 Å². The van der Waals surface area contributed by atoms with Crippen molar-refractivity contribution in [2.45, 2.75) is 0 Å². The summed E-state index contributed by atoms with van der Waals surface area (Å²) >= 11 is 6.14. The molecule has 0 amide bonds. The lowest BCUT2D eigenvalue weighted by atomic mass is 10.3. The predicted molar refractivity (Wildman–Crippen MR) is 91.8 cm³/mol. The first-order chi connectivity index (χ1) is 10.3. The highest BCUT2D eigenvalue weighted by Crippen LogP contribution is 2.36. The smallest absolute Gasteiger partial charge is 0.124 e. The maximum Gasteiger partial charge on any atom is 0.124 e. The lowest BCUT2D eigenvalue weighted by Gasteiger charge is -2.20. The molecule has 3 aromatic carbocycles. The van der Waals surface area contributed by atoms with Crippen LogP contribution < -0.4 is 15.9 Å². The van der Waals surface area contributed by atoms with Crippen molar-refractivity contribution in [2.24, 2.45) is 0 Å². The molecule has 104 valence electrons. The van der Waals surface area contributed by atoms with E-state index in [9.17, 15) is 5.11 Å². The van der Waals surface area contributed by atoms with Gasteiger partial charge in [-0.2, -0.15) is 0 Å². The number of benzene rings is 3. The molecule has 0 saturated heterocycles. The van der Waals surface area contributed by atoms with E-state index in [2.05, 4.69) is 24.3 Å². The first-order valence-corrected chi connectivity index (χ1v) is 8.36. The van der Waals surface area contributed by atoms with E-state index in [0.29, 0.717) is 10.8 Å². The van der Waals surface area contributed by atoms with Crippen molar-refractivity contribution in [3.8, 4) is 5.75 Å². The second-order valence-electron chi connectivity index (χ2n) is 4.64. The zero-order valence-corrected chi connectivity index (χ0v) is 12.9. The Balaban J connectivity index is 2.20. The molecule has 0 fully saturated rings. The van der Waals surface area contributed by atoms with Crippen LogP contribution in [0.4, 0.5) is 0 Å². The minimum atomic E-state index is -0.817. The largest absolute Gasteiger partial charge is 0.507 e. The molecule has 1 N–H and O–H groups in total. The third-order valence-corrected chi connectivity index (χ3v) is 5.91. The zero-order chi connectivity index (χ0) is 14.7. The lowest BCUT2D eigenvalue weighted by molar-refractivity contribution is 0.480. The monoisotopic (exact) mass is 312 g/mol. The molecule has 0 saturated carbocycles. The lowest BCUT2D eigenvalue weighted by Crippen LogP contribution is -2.20. The van der Waals surface area contributed by atoms with Crippen molar-refractivity contribution in [3.63, 3.8) is 0 Å². The molecule has 0 heterocycles. The Morgan fingerprint density at radius 2 is 1.24 bits per heavy atom. The quantitative estimate of drug-likeness (QED) is 0.729. The minimum Gasteiger partial charge on any atom is -0.507 e. The van der Waals surface area contributed by atoms with Gasteiger partial charge >= 0.3 is 0 Å². The minimum absolute atomic E-state index is 0.290. The molecule has 0 atom stereocenters. The number of phenols is 1. The molecular weight excluding hydrogens is 299 g/mol. The number of phenolic OH excluding ortho intramolecular Hbond substituents is 1. The Morgan fingerprint density at radius 1 is 0.714 bits per heavy atom. The van der Waals surface area contributed by atoms with Gasteiger partial charge in [-0.25, -0.2) is 0 Å². The molecule has 3 aromatic rings. The maximum atomic E-state index is 10.3. The Kier molecular flexibility index (Phi) is 4.24. The van der Waals surface area contributed by atoms with Gasteiger partial charge in [0.2, 0.25) is 0 Å². The van der Waals surface area contributed by atoms with Gasteiger partial charge in [-0.15, -0.1) is 0 Å². The average Bonchev–Trinajstić information content (AvgIpc) is 2.53. The predicted octanol–water partition coefficient (Wildman–Crippen LogP) is 3.80. The van der Waals surface area contributed by atoms with E-state index in [4.69, 9.17) is 11.6 Å². The first-order valence-electron chi connectivity index (χ1n) is 6.64. The second-order valence-corrected chi connectivity index (χ2v) is 7.26. The van der Waals surface area contributed by atoms with Crippen LogP contribution in [0.25, 0.3) is 0 Å². The van der Waals surface area contributed by atoms with E-state index < -0.39 is 7.92 Å². The van der Waals surface area contributed by atoms with Crippen LogP contribution in [0.2, 0.25) is 5.02 Å². The molecular formula is C18H14ClOP. The highest BCUT2D eigenvalue weighted by molar-refractivity contribution is 7.80. The van der Waals surface area contributed by atoms with E-state index in [-0.39, 0.29) is 0 Å². The fourth-order valence-electron chi connectivity index (χ4n) is 2.26. The highest BCUT2D eigenvalue weighted by atomic mass is 35.5. The van der Waals surface area contributed by atoms with Crippen molar-refractivity contribution in [3.05, 3.63) is 83.9 Å². The summed E-state index contributed by atoms with van der Waals surface area (Å²) < 4.78 is 0. The topological polar surface area (TPSA) is 20.2 Å². The van der Waals surface area contributed by atoms with E-state index >= 15 is 0 Å². The molecule has 0 aromatic heterocycles. The molecule has 0 bridgehead atoms. The Bertz CT molecular complexity index is 689. The molecule has 0 aliphatic heterocycles. The van der Waals surface area contributed by atoms with E-state index in [1.165, 1.54) is 10.6 Å². The summed E-state index contributed by atoms with van der Waals surface area (Å²) in [6, 6.07) is 25.7. The van der Waals surface area contributed by atoms with Gasteiger partial charge in [0, 0.05) is 10.3 Å². The molecule has 3 heteroatoms. The zero-order valence-electron chi connectivity index (χ0n) is 11.3. The van der Waals surface area contributed by atoms with Gasteiger partial charge < -0.3 is 5.11 Å². The average molecular weight is 313 g/mol. The summed E-state index contributed by atoms with van der Waals surface area (Å²) in [5, 5.41) is 14.2. The fourth-order valence-corrected chi connectivity index (χ4v) is 4.87. The summed E-state index contributed by atoms with van der Waals surface area (Å²) in [6.07, 6.45) is 0.